The van der Waals surface area contributed by atoms with E-state index in [9.17, 15) is 12.8 Å². The topological polar surface area (TPSA) is 64.6 Å². The van der Waals surface area contributed by atoms with Crippen molar-refractivity contribution in [1.82, 2.24) is 4.72 Å². The fraction of sp³-hybridized carbons (Fsp3) is 0.143. The highest BCUT2D eigenvalue weighted by Gasteiger charge is 2.20. The van der Waals surface area contributed by atoms with Crippen molar-refractivity contribution in [3.63, 3.8) is 0 Å². The maximum absolute atomic E-state index is 13.1. The molecule has 1 aliphatic heterocycles. The molecule has 0 atom stereocenters. The predicted octanol–water partition coefficient (Wildman–Crippen LogP) is 2.69. The number of sulfonamides is 1. The molecule has 22 heavy (non-hydrogen) atoms. The maximum atomic E-state index is 13.1. The summed E-state index contributed by atoms with van der Waals surface area (Å²) >= 11 is 5.66. The molecular formula is C14H11ClFNO4S. The average Bonchev–Trinajstić information content (AvgIpc) is 2.96. The van der Waals surface area contributed by atoms with Crippen molar-refractivity contribution in [3.8, 4) is 11.5 Å². The van der Waals surface area contributed by atoms with Crippen molar-refractivity contribution < 1.29 is 22.3 Å². The van der Waals surface area contributed by atoms with Gasteiger partial charge in [-0.3, -0.25) is 0 Å². The van der Waals surface area contributed by atoms with E-state index in [-0.39, 0.29) is 23.3 Å². The van der Waals surface area contributed by atoms with Gasteiger partial charge in [-0.15, -0.1) is 0 Å². The van der Waals surface area contributed by atoms with Crippen LogP contribution in [0.1, 0.15) is 5.56 Å². The van der Waals surface area contributed by atoms with Crippen LogP contribution in [0, 0.1) is 5.82 Å². The molecule has 3 rings (SSSR count). The van der Waals surface area contributed by atoms with Gasteiger partial charge in [-0.1, -0.05) is 17.7 Å². The monoisotopic (exact) mass is 343 g/mol. The number of hydrogen-bond acceptors (Lipinski definition) is 4. The van der Waals surface area contributed by atoms with Crippen molar-refractivity contribution in [2.24, 2.45) is 0 Å². The molecule has 0 bridgehead atoms. The molecule has 0 amide bonds. The van der Waals surface area contributed by atoms with E-state index in [1.807, 2.05) is 0 Å². The molecule has 8 heteroatoms. The molecule has 0 saturated carbocycles. The zero-order chi connectivity index (χ0) is 15.7. The summed E-state index contributed by atoms with van der Waals surface area (Å²) < 4.78 is 50.3. The van der Waals surface area contributed by atoms with E-state index in [1.165, 1.54) is 36.4 Å². The Morgan fingerprint density at radius 2 is 1.91 bits per heavy atom. The molecule has 0 aliphatic carbocycles. The molecule has 0 aromatic heterocycles. The lowest BCUT2D eigenvalue weighted by Gasteiger charge is -2.08. The summed E-state index contributed by atoms with van der Waals surface area (Å²) in [7, 11) is -3.73. The molecule has 2 aromatic rings. The average molecular weight is 344 g/mol. The van der Waals surface area contributed by atoms with Gasteiger partial charge in [-0.25, -0.2) is 17.5 Å². The molecule has 0 unspecified atom stereocenters. The van der Waals surface area contributed by atoms with E-state index < -0.39 is 15.8 Å². The lowest BCUT2D eigenvalue weighted by Crippen LogP contribution is -2.23. The minimum Gasteiger partial charge on any atom is -0.454 e. The zero-order valence-corrected chi connectivity index (χ0v) is 12.7. The Morgan fingerprint density at radius 3 is 2.68 bits per heavy atom. The number of ether oxygens (including phenoxy) is 2. The Morgan fingerprint density at radius 1 is 1.14 bits per heavy atom. The van der Waals surface area contributed by atoms with Gasteiger partial charge in [0.05, 0.1) is 9.92 Å². The van der Waals surface area contributed by atoms with Crippen molar-refractivity contribution in [2.75, 3.05) is 6.79 Å². The SMILES string of the molecule is O=S(=O)(NCc1ccc(F)c(Cl)c1)c1ccc2c(c1)OCO2. The second kappa shape index (κ2) is 5.75. The maximum Gasteiger partial charge on any atom is 0.241 e. The number of halogens is 2. The van der Waals surface area contributed by atoms with Crippen LogP contribution >= 0.6 is 11.6 Å². The zero-order valence-electron chi connectivity index (χ0n) is 11.2. The highest BCUT2D eigenvalue weighted by molar-refractivity contribution is 7.89. The van der Waals surface area contributed by atoms with Gasteiger partial charge in [0.2, 0.25) is 16.8 Å². The molecule has 116 valence electrons. The molecule has 5 nitrogen and oxygen atoms in total. The van der Waals surface area contributed by atoms with E-state index in [0.717, 1.165) is 0 Å². The molecule has 1 N–H and O–H groups in total. The third-order valence-electron chi connectivity index (χ3n) is 3.10. The molecule has 0 spiro atoms. The van der Waals surface area contributed by atoms with Crippen LogP contribution in [0.15, 0.2) is 41.3 Å². The number of benzene rings is 2. The van der Waals surface area contributed by atoms with Crippen LogP contribution in [-0.2, 0) is 16.6 Å². The van der Waals surface area contributed by atoms with Crippen LogP contribution in [0.4, 0.5) is 4.39 Å². The minimum atomic E-state index is -3.73. The Balaban J connectivity index is 1.77. The van der Waals surface area contributed by atoms with Crippen LogP contribution in [0.3, 0.4) is 0 Å². The summed E-state index contributed by atoms with van der Waals surface area (Å²) in [5, 5.41) is -0.0558. The van der Waals surface area contributed by atoms with Gasteiger partial charge < -0.3 is 9.47 Å². The minimum absolute atomic E-state index is 0.00320. The number of nitrogens with one attached hydrogen (secondary N) is 1. The highest BCUT2D eigenvalue weighted by atomic mass is 35.5. The first-order valence-corrected chi connectivity index (χ1v) is 8.15. The lowest BCUT2D eigenvalue weighted by molar-refractivity contribution is 0.174. The second-order valence-electron chi connectivity index (χ2n) is 4.59. The quantitative estimate of drug-likeness (QED) is 0.927. The Hall–Kier alpha value is -1.83. The molecule has 1 heterocycles. The molecule has 2 aromatic carbocycles. The molecule has 0 saturated heterocycles. The van der Waals surface area contributed by atoms with Gasteiger partial charge in [0, 0.05) is 12.6 Å². The highest BCUT2D eigenvalue weighted by Crippen LogP contribution is 2.33. The van der Waals surface area contributed by atoms with E-state index >= 15 is 0 Å². The Labute approximate surface area is 131 Å². The standard InChI is InChI=1S/C14H11ClFNO4S/c15-11-5-9(1-3-12(11)16)7-17-22(18,19)10-2-4-13-14(6-10)21-8-20-13/h1-6,17H,7-8H2. The number of fused-ring (bicyclic) bond motifs is 1. The first kappa shape index (κ1) is 15.1. The molecule has 0 radical (unpaired) electrons. The largest absolute Gasteiger partial charge is 0.454 e. The summed E-state index contributed by atoms with van der Waals surface area (Å²) in [6.07, 6.45) is 0. The summed E-state index contributed by atoms with van der Waals surface area (Å²) in [5.41, 5.74) is 0.552. The summed E-state index contributed by atoms with van der Waals surface area (Å²) in [6.45, 7) is 0.0666. The second-order valence-corrected chi connectivity index (χ2v) is 6.76. The first-order chi connectivity index (χ1) is 10.5. The van der Waals surface area contributed by atoms with E-state index in [1.54, 1.807) is 0 Å². The Kier molecular flexibility index (Phi) is 3.94. The van der Waals surface area contributed by atoms with Crippen LogP contribution in [0.25, 0.3) is 0 Å². The predicted molar refractivity (Wildman–Crippen MR) is 78.0 cm³/mol. The van der Waals surface area contributed by atoms with Crippen molar-refractivity contribution in [3.05, 3.63) is 52.8 Å². The van der Waals surface area contributed by atoms with Crippen LogP contribution in [0.5, 0.6) is 11.5 Å². The smallest absolute Gasteiger partial charge is 0.241 e. The van der Waals surface area contributed by atoms with Crippen LogP contribution in [-0.4, -0.2) is 15.2 Å². The number of hydrogen-bond donors (Lipinski definition) is 1. The van der Waals surface area contributed by atoms with Crippen LogP contribution < -0.4 is 14.2 Å². The van der Waals surface area contributed by atoms with E-state index in [4.69, 9.17) is 21.1 Å². The van der Waals surface area contributed by atoms with Crippen molar-refractivity contribution >= 4 is 21.6 Å². The third kappa shape index (κ3) is 3.01. The summed E-state index contributed by atoms with van der Waals surface area (Å²) in [6, 6.07) is 8.37. The van der Waals surface area contributed by atoms with Gasteiger partial charge >= 0.3 is 0 Å². The fourth-order valence-electron chi connectivity index (χ4n) is 1.96. The first-order valence-electron chi connectivity index (χ1n) is 6.29. The number of rotatable bonds is 4. The van der Waals surface area contributed by atoms with Gasteiger partial charge in [0.1, 0.15) is 5.82 Å². The van der Waals surface area contributed by atoms with E-state index in [2.05, 4.69) is 4.72 Å². The van der Waals surface area contributed by atoms with Gasteiger partial charge in [0.15, 0.2) is 11.5 Å². The molecule has 1 aliphatic rings. The summed E-state index contributed by atoms with van der Waals surface area (Å²) in [4.78, 5) is 0.0601. The van der Waals surface area contributed by atoms with Crippen molar-refractivity contribution in [1.29, 1.82) is 0 Å². The van der Waals surface area contributed by atoms with Gasteiger partial charge in [-0.05, 0) is 29.8 Å². The van der Waals surface area contributed by atoms with Gasteiger partial charge in [0.25, 0.3) is 0 Å². The molecule has 0 fully saturated rings. The van der Waals surface area contributed by atoms with E-state index in [0.29, 0.717) is 17.1 Å². The third-order valence-corrected chi connectivity index (χ3v) is 4.79. The van der Waals surface area contributed by atoms with Gasteiger partial charge in [-0.2, -0.15) is 0 Å². The van der Waals surface area contributed by atoms with Crippen molar-refractivity contribution in [2.45, 2.75) is 11.4 Å². The molecular weight excluding hydrogens is 333 g/mol. The van der Waals surface area contributed by atoms with Crippen LogP contribution in [0.2, 0.25) is 5.02 Å². The normalized spacial score (nSPS) is 13.4. The Bertz CT molecular complexity index is 826. The summed E-state index contributed by atoms with van der Waals surface area (Å²) in [5.74, 6) is 0.334. The fourth-order valence-corrected chi connectivity index (χ4v) is 3.19. The lowest BCUT2D eigenvalue weighted by atomic mass is 10.2.